The lowest BCUT2D eigenvalue weighted by molar-refractivity contribution is -0.126. The number of benzene rings is 1. The number of piperidine rings is 1. The third kappa shape index (κ3) is 6.45. The van der Waals surface area contributed by atoms with Gasteiger partial charge in [-0.15, -0.1) is 0 Å². The zero-order chi connectivity index (χ0) is 18.9. The summed E-state index contributed by atoms with van der Waals surface area (Å²) in [6.07, 6.45) is 5.60. The summed E-state index contributed by atoms with van der Waals surface area (Å²) in [6, 6.07) is 14.5. The molecule has 144 valence electrons. The van der Waals surface area contributed by atoms with Crippen LogP contribution in [0.1, 0.15) is 24.0 Å². The van der Waals surface area contributed by atoms with Crippen LogP contribution in [0.25, 0.3) is 0 Å². The van der Waals surface area contributed by atoms with E-state index < -0.39 is 0 Å². The number of likely N-dealkylation sites (tertiary alicyclic amines) is 1. The zero-order valence-corrected chi connectivity index (χ0v) is 16.2. The van der Waals surface area contributed by atoms with Crippen LogP contribution in [0.5, 0.6) is 0 Å². The Morgan fingerprint density at radius 2 is 1.89 bits per heavy atom. The summed E-state index contributed by atoms with van der Waals surface area (Å²) in [6.45, 7) is 5.34. The molecule has 0 saturated carbocycles. The van der Waals surface area contributed by atoms with E-state index in [0.717, 1.165) is 45.6 Å². The van der Waals surface area contributed by atoms with Crippen LogP contribution in [0.4, 0.5) is 0 Å². The fourth-order valence-corrected chi connectivity index (χ4v) is 3.59. The molecule has 2 heterocycles. The molecule has 0 spiro atoms. The topological polar surface area (TPSA) is 48.5 Å². The quantitative estimate of drug-likeness (QED) is 0.780. The van der Waals surface area contributed by atoms with Crippen molar-refractivity contribution in [1.29, 1.82) is 0 Å². The van der Waals surface area contributed by atoms with E-state index in [1.54, 1.807) is 6.20 Å². The van der Waals surface area contributed by atoms with Crippen molar-refractivity contribution in [2.45, 2.75) is 25.9 Å². The molecular weight excluding hydrogens is 336 g/mol. The monoisotopic (exact) mass is 366 g/mol. The minimum absolute atomic E-state index is 0.148. The first kappa shape index (κ1) is 19.5. The van der Waals surface area contributed by atoms with Crippen molar-refractivity contribution in [2.24, 2.45) is 5.92 Å². The molecule has 2 aromatic rings. The van der Waals surface area contributed by atoms with Crippen molar-refractivity contribution in [2.75, 3.05) is 33.2 Å². The molecule has 5 nitrogen and oxygen atoms in total. The summed E-state index contributed by atoms with van der Waals surface area (Å²) in [4.78, 5) is 21.3. The van der Waals surface area contributed by atoms with Gasteiger partial charge in [-0.25, -0.2) is 0 Å². The lowest BCUT2D eigenvalue weighted by atomic mass is 9.95. The van der Waals surface area contributed by atoms with Crippen LogP contribution >= 0.6 is 0 Å². The number of likely N-dealkylation sites (N-methyl/N-ethyl adjacent to an activating group) is 1. The fraction of sp³-hybridized carbons (Fsp3) is 0.455. The predicted molar refractivity (Wildman–Crippen MR) is 108 cm³/mol. The molecule has 0 atom stereocenters. The molecule has 1 aromatic carbocycles. The van der Waals surface area contributed by atoms with Crippen molar-refractivity contribution < 1.29 is 4.79 Å². The Morgan fingerprint density at radius 3 is 2.59 bits per heavy atom. The van der Waals surface area contributed by atoms with Crippen molar-refractivity contribution >= 4 is 5.91 Å². The van der Waals surface area contributed by atoms with Gasteiger partial charge in [0.05, 0.1) is 0 Å². The summed E-state index contributed by atoms with van der Waals surface area (Å²) in [7, 11) is 2.09. The van der Waals surface area contributed by atoms with Gasteiger partial charge in [-0.3, -0.25) is 14.7 Å². The second-order valence-corrected chi connectivity index (χ2v) is 7.43. The number of carbonyl (C=O) groups excluding carboxylic acids is 1. The van der Waals surface area contributed by atoms with Crippen LogP contribution in [0, 0.1) is 5.92 Å². The standard InChI is InChI=1S/C22H30N4O/c1-25(17-19-6-3-2-4-7-19)15-12-24-22(27)21-9-13-26(14-10-21)18-20-8-5-11-23-16-20/h2-8,11,16,21H,9-10,12-15,17-18H2,1H3,(H,24,27). The lowest BCUT2D eigenvalue weighted by Gasteiger charge is -2.31. The zero-order valence-electron chi connectivity index (χ0n) is 16.2. The van der Waals surface area contributed by atoms with Crippen molar-refractivity contribution in [3.63, 3.8) is 0 Å². The number of amides is 1. The molecule has 1 aliphatic rings. The molecule has 1 saturated heterocycles. The van der Waals surface area contributed by atoms with Crippen LogP contribution in [0.15, 0.2) is 54.9 Å². The number of rotatable bonds is 8. The van der Waals surface area contributed by atoms with Crippen LogP contribution in [0.3, 0.4) is 0 Å². The largest absolute Gasteiger partial charge is 0.355 e. The van der Waals surface area contributed by atoms with Crippen molar-refractivity contribution in [1.82, 2.24) is 20.1 Å². The van der Waals surface area contributed by atoms with Gasteiger partial charge in [0.25, 0.3) is 0 Å². The molecule has 1 fully saturated rings. The van der Waals surface area contributed by atoms with Crippen LogP contribution in [-0.4, -0.2) is 53.9 Å². The Morgan fingerprint density at radius 1 is 1.15 bits per heavy atom. The maximum Gasteiger partial charge on any atom is 0.223 e. The molecule has 5 heteroatoms. The molecule has 1 aromatic heterocycles. The maximum atomic E-state index is 12.4. The average Bonchev–Trinajstić information content (AvgIpc) is 2.70. The average molecular weight is 367 g/mol. The number of pyridine rings is 1. The first-order valence-electron chi connectivity index (χ1n) is 9.82. The van der Waals surface area contributed by atoms with E-state index in [2.05, 4.69) is 57.5 Å². The number of nitrogens with one attached hydrogen (secondary N) is 1. The van der Waals surface area contributed by atoms with E-state index >= 15 is 0 Å². The number of hydrogen-bond donors (Lipinski definition) is 1. The van der Waals surface area contributed by atoms with E-state index in [1.807, 2.05) is 18.3 Å². The minimum atomic E-state index is 0.148. The van der Waals surface area contributed by atoms with Crippen molar-refractivity contribution in [3.05, 3.63) is 66.0 Å². The van der Waals surface area contributed by atoms with Gasteiger partial charge in [0.1, 0.15) is 0 Å². The SMILES string of the molecule is CN(CCNC(=O)C1CCN(Cc2cccnc2)CC1)Cc1ccccc1. The van der Waals surface area contributed by atoms with Gasteiger partial charge in [-0.2, -0.15) is 0 Å². The molecule has 1 amide bonds. The number of hydrogen-bond acceptors (Lipinski definition) is 4. The molecule has 3 rings (SSSR count). The molecule has 0 aliphatic carbocycles. The van der Waals surface area contributed by atoms with Crippen molar-refractivity contribution in [3.8, 4) is 0 Å². The molecule has 0 bridgehead atoms. The molecule has 0 radical (unpaired) electrons. The first-order chi connectivity index (χ1) is 13.2. The Balaban J connectivity index is 1.32. The second-order valence-electron chi connectivity index (χ2n) is 7.43. The highest BCUT2D eigenvalue weighted by atomic mass is 16.1. The summed E-state index contributed by atoms with van der Waals surface area (Å²) < 4.78 is 0. The van der Waals surface area contributed by atoms with Gasteiger partial charge in [0, 0.05) is 44.5 Å². The highest BCUT2D eigenvalue weighted by Gasteiger charge is 2.24. The molecule has 1 aliphatic heterocycles. The Hall–Kier alpha value is -2.24. The van der Waals surface area contributed by atoms with E-state index in [4.69, 9.17) is 0 Å². The molecule has 1 N–H and O–H groups in total. The normalized spacial score (nSPS) is 15.8. The Kier molecular flexibility index (Phi) is 7.36. The van der Waals surface area contributed by atoms with Gasteiger partial charge >= 0.3 is 0 Å². The first-order valence-corrected chi connectivity index (χ1v) is 9.82. The molecule has 0 unspecified atom stereocenters. The third-order valence-electron chi connectivity index (χ3n) is 5.18. The predicted octanol–water partition coefficient (Wildman–Crippen LogP) is 2.54. The smallest absolute Gasteiger partial charge is 0.223 e. The molecular formula is C22H30N4O. The minimum Gasteiger partial charge on any atom is -0.355 e. The van der Waals surface area contributed by atoms with E-state index in [-0.39, 0.29) is 11.8 Å². The van der Waals surface area contributed by atoms with Gasteiger partial charge in [0.15, 0.2) is 0 Å². The number of carbonyl (C=O) groups is 1. The summed E-state index contributed by atoms with van der Waals surface area (Å²) in [5.74, 6) is 0.360. The summed E-state index contributed by atoms with van der Waals surface area (Å²) in [5.41, 5.74) is 2.54. The van der Waals surface area contributed by atoms with Gasteiger partial charge in [-0.1, -0.05) is 36.4 Å². The van der Waals surface area contributed by atoms with Crippen LogP contribution in [-0.2, 0) is 17.9 Å². The maximum absolute atomic E-state index is 12.4. The highest BCUT2D eigenvalue weighted by Crippen LogP contribution is 2.19. The third-order valence-corrected chi connectivity index (χ3v) is 5.18. The van der Waals surface area contributed by atoms with E-state index in [9.17, 15) is 4.79 Å². The van der Waals surface area contributed by atoms with E-state index in [0.29, 0.717) is 6.54 Å². The Bertz CT molecular complexity index is 684. The summed E-state index contributed by atoms with van der Waals surface area (Å²) in [5, 5.41) is 3.12. The molecule has 27 heavy (non-hydrogen) atoms. The highest BCUT2D eigenvalue weighted by molar-refractivity contribution is 5.78. The van der Waals surface area contributed by atoms with Gasteiger partial charge in [-0.05, 0) is 50.2 Å². The Labute approximate surface area is 162 Å². The van der Waals surface area contributed by atoms with Crippen LogP contribution in [0.2, 0.25) is 0 Å². The van der Waals surface area contributed by atoms with Gasteiger partial charge < -0.3 is 10.2 Å². The number of nitrogens with zero attached hydrogens (tertiary/aromatic N) is 3. The van der Waals surface area contributed by atoms with Crippen LogP contribution < -0.4 is 5.32 Å². The fourth-order valence-electron chi connectivity index (χ4n) is 3.59. The lowest BCUT2D eigenvalue weighted by Crippen LogP contribution is -2.42. The van der Waals surface area contributed by atoms with E-state index in [1.165, 1.54) is 11.1 Å². The second kappa shape index (κ2) is 10.2. The summed E-state index contributed by atoms with van der Waals surface area (Å²) >= 11 is 0. The number of aromatic nitrogens is 1. The van der Waals surface area contributed by atoms with Gasteiger partial charge in [0.2, 0.25) is 5.91 Å².